The second kappa shape index (κ2) is 6.73. The van der Waals surface area contributed by atoms with Crippen LogP contribution in [-0.4, -0.2) is 23.1 Å². The Bertz CT molecular complexity index is 583. The largest absolute Gasteiger partial charge is 0.385 e. The van der Waals surface area contributed by atoms with Gasteiger partial charge in [-0.1, -0.05) is 23.7 Å². The molecule has 1 fully saturated rings. The van der Waals surface area contributed by atoms with Gasteiger partial charge in [0.15, 0.2) is 0 Å². The van der Waals surface area contributed by atoms with E-state index in [9.17, 15) is 0 Å². The van der Waals surface area contributed by atoms with E-state index in [0.717, 1.165) is 22.4 Å². The van der Waals surface area contributed by atoms with E-state index in [0.29, 0.717) is 12.5 Å². The van der Waals surface area contributed by atoms with Crippen LogP contribution in [0.15, 0.2) is 24.3 Å². The second-order valence-corrected chi connectivity index (χ2v) is 6.45. The van der Waals surface area contributed by atoms with Crippen LogP contribution >= 0.6 is 23.1 Å². The lowest BCUT2D eigenvalue weighted by molar-refractivity contribution is 0.190. The molecule has 1 aliphatic carbocycles. The molecule has 21 heavy (non-hydrogen) atoms. The van der Waals surface area contributed by atoms with Crippen molar-refractivity contribution < 1.29 is 4.74 Å². The topological polar surface area (TPSA) is 47.0 Å². The van der Waals surface area contributed by atoms with E-state index in [-0.39, 0.29) is 6.04 Å². The fraction of sp³-hybridized carbons (Fsp3) is 0.467. The molecule has 1 heterocycles. The van der Waals surface area contributed by atoms with Gasteiger partial charge in [-0.2, -0.15) is 4.37 Å². The van der Waals surface area contributed by atoms with Crippen LogP contribution in [0.4, 0.5) is 5.13 Å². The zero-order chi connectivity index (χ0) is 14.7. The zero-order valence-corrected chi connectivity index (χ0v) is 13.5. The summed E-state index contributed by atoms with van der Waals surface area (Å²) >= 11 is 7.40. The molecule has 0 aliphatic heterocycles. The highest BCUT2D eigenvalue weighted by Gasteiger charge is 2.28. The lowest BCUT2D eigenvalue weighted by Crippen LogP contribution is -2.13. The molecule has 112 valence electrons. The summed E-state index contributed by atoms with van der Waals surface area (Å²) in [6.45, 7) is 0.689. The normalized spacial score (nSPS) is 15.9. The van der Waals surface area contributed by atoms with Gasteiger partial charge in [0.05, 0.1) is 6.04 Å². The van der Waals surface area contributed by atoms with Crippen LogP contribution in [-0.2, 0) is 4.74 Å². The van der Waals surface area contributed by atoms with Crippen LogP contribution in [0, 0.1) is 0 Å². The summed E-state index contributed by atoms with van der Waals surface area (Å²) in [7, 11) is 1.72. The van der Waals surface area contributed by atoms with Gasteiger partial charge < -0.3 is 10.1 Å². The maximum atomic E-state index is 5.96. The van der Waals surface area contributed by atoms with Gasteiger partial charge >= 0.3 is 0 Å². The molecule has 6 heteroatoms. The Labute approximate surface area is 133 Å². The number of anilines is 1. The van der Waals surface area contributed by atoms with Crippen molar-refractivity contribution in [2.24, 2.45) is 0 Å². The van der Waals surface area contributed by atoms with Gasteiger partial charge in [0.1, 0.15) is 5.82 Å². The van der Waals surface area contributed by atoms with E-state index in [4.69, 9.17) is 16.3 Å². The third-order valence-corrected chi connectivity index (χ3v) is 4.48. The molecule has 1 unspecified atom stereocenters. The standard InChI is InChI=1S/C15H18ClN3OS/c1-20-9-8-13(10-4-6-12(16)7-5-10)17-15-18-14(19-21-15)11-2-3-11/h4-7,11,13H,2-3,8-9H2,1H3,(H,17,18,19). The lowest BCUT2D eigenvalue weighted by atomic mass is 10.0. The summed E-state index contributed by atoms with van der Waals surface area (Å²) < 4.78 is 9.64. The van der Waals surface area contributed by atoms with Gasteiger partial charge in [-0.15, -0.1) is 0 Å². The number of aromatic nitrogens is 2. The predicted molar refractivity (Wildman–Crippen MR) is 86.2 cm³/mol. The maximum Gasteiger partial charge on any atom is 0.203 e. The molecule has 1 aliphatic rings. The van der Waals surface area contributed by atoms with Gasteiger partial charge in [-0.25, -0.2) is 4.98 Å². The summed E-state index contributed by atoms with van der Waals surface area (Å²) in [4.78, 5) is 4.59. The molecule has 1 aromatic carbocycles. The first-order valence-corrected chi connectivity index (χ1v) is 8.26. The van der Waals surface area contributed by atoms with E-state index in [1.54, 1.807) is 7.11 Å². The summed E-state index contributed by atoms with van der Waals surface area (Å²) in [6, 6.07) is 8.06. The van der Waals surface area contributed by atoms with Crippen molar-refractivity contribution in [3.8, 4) is 0 Å². The van der Waals surface area contributed by atoms with Gasteiger partial charge in [0.25, 0.3) is 0 Å². The number of hydrogen-bond acceptors (Lipinski definition) is 5. The van der Waals surface area contributed by atoms with Crippen LogP contribution in [0.5, 0.6) is 0 Å². The van der Waals surface area contributed by atoms with Crippen LogP contribution in [0.3, 0.4) is 0 Å². The monoisotopic (exact) mass is 323 g/mol. The molecule has 2 aromatic rings. The Kier molecular flexibility index (Phi) is 4.73. The van der Waals surface area contributed by atoms with Crippen molar-refractivity contribution in [2.45, 2.75) is 31.2 Å². The number of halogens is 1. The van der Waals surface area contributed by atoms with E-state index < -0.39 is 0 Å². The quantitative estimate of drug-likeness (QED) is 0.827. The Morgan fingerprint density at radius 1 is 1.38 bits per heavy atom. The molecule has 0 amide bonds. The average molecular weight is 324 g/mol. The smallest absolute Gasteiger partial charge is 0.203 e. The number of nitrogens with zero attached hydrogens (tertiary/aromatic N) is 2. The van der Waals surface area contributed by atoms with Crippen molar-refractivity contribution in [1.82, 2.24) is 9.36 Å². The Morgan fingerprint density at radius 3 is 2.81 bits per heavy atom. The van der Waals surface area contributed by atoms with E-state index in [1.165, 1.54) is 29.9 Å². The van der Waals surface area contributed by atoms with Crippen LogP contribution in [0.1, 0.15) is 42.6 Å². The SMILES string of the molecule is COCCC(Nc1nc(C2CC2)ns1)c1ccc(Cl)cc1. The molecule has 1 saturated carbocycles. The molecule has 1 N–H and O–H groups in total. The highest BCUT2D eigenvalue weighted by Crippen LogP contribution is 2.39. The molecule has 1 atom stereocenters. The van der Waals surface area contributed by atoms with E-state index >= 15 is 0 Å². The van der Waals surface area contributed by atoms with Crippen LogP contribution < -0.4 is 5.32 Å². The molecule has 0 bridgehead atoms. The first-order valence-electron chi connectivity index (χ1n) is 7.11. The van der Waals surface area contributed by atoms with Gasteiger partial charge in [-0.3, -0.25) is 0 Å². The number of nitrogens with one attached hydrogen (secondary N) is 1. The zero-order valence-electron chi connectivity index (χ0n) is 11.9. The van der Waals surface area contributed by atoms with Crippen molar-refractivity contribution in [3.63, 3.8) is 0 Å². The van der Waals surface area contributed by atoms with Crippen molar-refractivity contribution in [1.29, 1.82) is 0 Å². The Morgan fingerprint density at radius 2 is 2.14 bits per heavy atom. The van der Waals surface area contributed by atoms with Crippen molar-refractivity contribution in [3.05, 3.63) is 40.7 Å². The fourth-order valence-corrected chi connectivity index (χ4v) is 3.03. The minimum Gasteiger partial charge on any atom is -0.385 e. The number of ether oxygens (including phenoxy) is 1. The summed E-state index contributed by atoms with van der Waals surface area (Å²) in [5.41, 5.74) is 1.18. The maximum absolute atomic E-state index is 5.96. The second-order valence-electron chi connectivity index (χ2n) is 5.26. The highest BCUT2D eigenvalue weighted by molar-refractivity contribution is 7.09. The minimum atomic E-state index is 0.155. The first-order chi connectivity index (χ1) is 10.3. The molecule has 1 aromatic heterocycles. The Balaban J connectivity index is 1.72. The van der Waals surface area contributed by atoms with E-state index in [1.807, 2.05) is 24.3 Å². The van der Waals surface area contributed by atoms with Crippen LogP contribution in [0.2, 0.25) is 5.02 Å². The van der Waals surface area contributed by atoms with Gasteiger partial charge in [0.2, 0.25) is 5.13 Å². The van der Waals surface area contributed by atoms with Gasteiger partial charge in [-0.05, 0) is 37.0 Å². The number of methoxy groups -OCH3 is 1. The first kappa shape index (κ1) is 14.8. The average Bonchev–Trinajstić information content (AvgIpc) is 3.24. The van der Waals surface area contributed by atoms with Crippen molar-refractivity contribution in [2.75, 3.05) is 19.0 Å². The van der Waals surface area contributed by atoms with Crippen LogP contribution in [0.25, 0.3) is 0 Å². The molecule has 0 radical (unpaired) electrons. The number of hydrogen-bond donors (Lipinski definition) is 1. The number of benzene rings is 1. The summed E-state index contributed by atoms with van der Waals surface area (Å²) in [5, 5.41) is 5.10. The lowest BCUT2D eigenvalue weighted by Gasteiger charge is -2.18. The summed E-state index contributed by atoms with van der Waals surface area (Å²) in [6.07, 6.45) is 3.32. The predicted octanol–water partition coefficient (Wildman–Crippen LogP) is 4.26. The molecule has 4 nitrogen and oxygen atoms in total. The molecule has 0 saturated heterocycles. The fourth-order valence-electron chi connectivity index (χ4n) is 2.20. The molecular weight excluding hydrogens is 306 g/mol. The third kappa shape index (κ3) is 3.93. The molecule has 3 rings (SSSR count). The van der Waals surface area contributed by atoms with Gasteiger partial charge in [0, 0.05) is 36.2 Å². The molecular formula is C15H18ClN3OS. The third-order valence-electron chi connectivity index (χ3n) is 3.56. The summed E-state index contributed by atoms with van der Waals surface area (Å²) in [5.74, 6) is 1.58. The Hall–Kier alpha value is -1.17. The molecule has 0 spiro atoms. The van der Waals surface area contributed by atoms with E-state index in [2.05, 4.69) is 14.7 Å². The minimum absolute atomic E-state index is 0.155. The van der Waals surface area contributed by atoms with Crippen molar-refractivity contribution >= 4 is 28.3 Å². The number of rotatable bonds is 7. The highest BCUT2D eigenvalue weighted by atomic mass is 35.5.